The fraction of sp³-hybridized carbons (Fsp3) is 0.650. The number of methoxy groups -OCH3 is 1. The summed E-state index contributed by atoms with van der Waals surface area (Å²) in [6.45, 7) is 4.50. The Morgan fingerprint density at radius 1 is 1.23 bits per heavy atom. The lowest BCUT2D eigenvalue weighted by Gasteiger charge is -2.43. The maximum Gasteiger partial charge on any atom is 0.226 e. The Morgan fingerprint density at radius 2 is 1.96 bits per heavy atom. The lowest BCUT2D eigenvalue weighted by Crippen LogP contribution is -2.52. The molecule has 26 heavy (non-hydrogen) atoms. The van der Waals surface area contributed by atoms with Crippen LogP contribution in [-0.2, 0) is 14.3 Å². The number of hydrogen-bond donors (Lipinski definition) is 1. The molecule has 0 bridgehead atoms. The van der Waals surface area contributed by atoms with Gasteiger partial charge in [-0.3, -0.25) is 4.79 Å². The third-order valence-corrected chi connectivity index (χ3v) is 5.50. The summed E-state index contributed by atoms with van der Waals surface area (Å²) in [6, 6.07) is 9.70. The van der Waals surface area contributed by atoms with Crippen LogP contribution in [0.25, 0.3) is 0 Å². The first-order valence-electron chi connectivity index (χ1n) is 9.53. The quantitative estimate of drug-likeness (QED) is 0.827. The molecule has 0 spiro atoms. The number of aliphatic hydroxyl groups excluding tert-OH is 1. The third-order valence-electron chi connectivity index (χ3n) is 5.50. The summed E-state index contributed by atoms with van der Waals surface area (Å²) in [4.78, 5) is 17.6. The molecule has 2 heterocycles. The summed E-state index contributed by atoms with van der Waals surface area (Å²) in [5, 5.41) is 9.77. The molecule has 2 atom stereocenters. The van der Waals surface area contributed by atoms with Crippen molar-refractivity contribution in [2.45, 2.75) is 25.0 Å². The summed E-state index contributed by atoms with van der Waals surface area (Å²) < 4.78 is 10.9. The second kappa shape index (κ2) is 9.46. The minimum absolute atomic E-state index is 0.0532. The number of likely N-dealkylation sites (tertiary alicyclic amines) is 1. The van der Waals surface area contributed by atoms with Gasteiger partial charge in [-0.1, -0.05) is 30.3 Å². The molecular formula is C20H30N2O4. The van der Waals surface area contributed by atoms with Gasteiger partial charge < -0.3 is 24.4 Å². The smallest absolute Gasteiger partial charge is 0.226 e. The zero-order chi connectivity index (χ0) is 18.4. The van der Waals surface area contributed by atoms with Crippen molar-refractivity contribution in [3.05, 3.63) is 35.9 Å². The van der Waals surface area contributed by atoms with Crippen LogP contribution in [0.3, 0.4) is 0 Å². The standard InChI is InChI=1S/C20H30N2O4/c1-25-13-11-21-9-7-17(8-10-21)20(24)22-12-14-26-18(15-23)19(22)16-5-3-2-4-6-16/h2-6,17-19,23H,7-15H2,1H3. The first-order valence-corrected chi connectivity index (χ1v) is 9.53. The van der Waals surface area contributed by atoms with Gasteiger partial charge in [0, 0.05) is 26.1 Å². The second-order valence-electron chi connectivity index (χ2n) is 7.09. The van der Waals surface area contributed by atoms with Crippen LogP contribution >= 0.6 is 0 Å². The number of benzene rings is 1. The molecule has 2 aliphatic heterocycles. The molecular weight excluding hydrogens is 332 g/mol. The van der Waals surface area contributed by atoms with Gasteiger partial charge in [-0.2, -0.15) is 0 Å². The van der Waals surface area contributed by atoms with Gasteiger partial charge in [-0.25, -0.2) is 0 Å². The van der Waals surface area contributed by atoms with Gasteiger partial charge in [0.2, 0.25) is 5.91 Å². The summed E-state index contributed by atoms with van der Waals surface area (Å²) >= 11 is 0. The van der Waals surface area contributed by atoms with Crippen LogP contribution in [0, 0.1) is 5.92 Å². The molecule has 0 saturated carbocycles. The number of carbonyl (C=O) groups is 1. The Morgan fingerprint density at radius 3 is 2.62 bits per heavy atom. The highest BCUT2D eigenvalue weighted by Crippen LogP contribution is 2.32. The normalized spacial score (nSPS) is 25.4. The van der Waals surface area contributed by atoms with Crippen molar-refractivity contribution < 1.29 is 19.4 Å². The lowest BCUT2D eigenvalue weighted by atomic mass is 9.92. The second-order valence-corrected chi connectivity index (χ2v) is 7.09. The fourth-order valence-electron chi connectivity index (χ4n) is 4.04. The number of ether oxygens (including phenoxy) is 2. The van der Waals surface area contributed by atoms with Gasteiger partial charge in [0.1, 0.15) is 6.10 Å². The monoisotopic (exact) mass is 362 g/mol. The number of rotatable bonds is 6. The Labute approximate surface area is 155 Å². The number of aliphatic hydroxyl groups is 1. The Balaban J connectivity index is 1.68. The van der Waals surface area contributed by atoms with Crippen LogP contribution in [0.5, 0.6) is 0 Å². The topological polar surface area (TPSA) is 62.2 Å². The van der Waals surface area contributed by atoms with Crippen molar-refractivity contribution in [2.75, 3.05) is 53.1 Å². The number of carbonyl (C=O) groups excluding carboxylic acids is 1. The number of amides is 1. The van der Waals surface area contributed by atoms with Crippen LogP contribution in [0.1, 0.15) is 24.4 Å². The maximum atomic E-state index is 13.3. The zero-order valence-corrected chi connectivity index (χ0v) is 15.5. The van der Waals surface area contributed by atoms with E-state index in [2.05, 4.69) is 4.90 Å². The van der Waals surface area contributed by atoms with E-state index in [0.29, 0.717) is 13.2 Å². The van der Waals surface area contributed by atoms with Crippen molar-refractivity contribution in [1.82, 2.24) is 9.80 Å². The highest BCUT2D eigenvalue weighted by Gasteiger charge is 2.39. The minimum atomic E-state index is -0.364. The molecule has 144 valence electrons. The van der Waals surface area contributed by atoms with Gasteiger partial charge in [0.25, 0.3) is 0 Å². The van der Waals surface area contributed by atoms with Crippen molar-refractivity contribution in [3.63, 3.8) is 0 Å². The number of nitrogens with zero attached hydrogens (tertiary/aromatic N) is 2. The van der Waals surface area contributed by atoms with E-state index in [0.717, 1.165) is 44.6 Å². The minimum Gasteiger partial charge on any atom is -0.394 e. The molecule has 1 N–H and O–H groups in total. The van der Waals surface area contributed by atoms with Crippen LogP contribution in [0.2, 0.25) is 0 Å². The predicted octanol–water partition coefficient (Wildman–Crippen LogP) is 1.31. The molecule has 6 heteroatoms. The first kappa shape index (κ1) is 19.3. The van der Waals surface area contributed by atoms with Gasteiger partial charge in [-0.05, 0) is 31.5 Å². The van der Waals surface area contributed by atoms with E-state index in [1.54, 1.807) is 7.11 Å². The number of morpholine rings is 1. The van der Waals surface area contributed by atoms with Crippen LogP contribution < -0.4 is 0 Å². The van der Waals surface area contributed by atoms with E-state index in [4.69, 9.17) is 9.47 Å². The molecule has 1 amide bonds. The molecule has 2 fully saturated rings. The zero-order valence-electron chi connectivity index (χ0n) is 15.5. The fourth-order valence-corrected chi connectivity index (χ4v) is 4.04. The average Bonchev–Trinajstić information content (AvgIpc) is 2.72. The molecule has 1 aromatic carbocycles. The van der Waals surface area contributed by atoms with Gasteiger partial charge in [0.05, 0.1) is 25.9 Å². The number of piperidine rings is 1. The Bertz CT molecular complexity index is 560. The predicted molar refractivity (Wildman–Crippen MR) is 98.8 cm³/mol. The van der Waals surface area contributed by atoms with Gasteiger partial charge in [-0.15, -0.1) is 0 Å². The molecule has 0 aliphatic carbocycles. The van der Waals surface area contributed by atoms with Gasteiger partial charge in [0.15, 0.2) is 0 Å². The maximum absolute atomic E-state index is 13.3. The SMILES string of the molecule is COCCN1CCC(C(=O)N2CCOC(CO)C2c2ccccc2)CC1. The van der Waals surface area contributed by atoms with E-state index >= 15 is 0 Å². The highest BCUT2D eigenvalue weighted by atomic mass is 16.5. The molecule has 2 unspecified atom stereocenters. The molecule has 1 aromatic rings. The molecule has 6 nitrogen and oxygen atoms in total. The summed E-state index contributed by atoms with van der Waals surface area (Å²) in [6.07, 6.45) is 1.40. The van der Waals surface area contributed by atoms with E-state index in [1.807, 2.05) is 35.2 Å². The lowest BCUT2D eigenvalue weighted by molar-refractivity contribution is -0.155. The largest absolute Gasteiger partial charge is 0.394 e. The van der Waals surface area contributed by atoms with Crippen molar-refractivity contribution in [1.29, 1.82) is 0 Å². The molecule has 0 radical (unpaired) electrons. The third kappa shape index (κ3) is 4.43. The summed E-state index contributed by atoms with van der Waals surface area (Å²) in [5.41, 5.74) is 1.03. The highest BCUT2D eigenvalue weighted by molar-refractivity contribution is 5.79. The van der Waals surface area contributed by atoms with E-state index in [9.17, 15) is 9.90 Å². The van der Waals surface area contributed by atoms with E-state index < -0.39 is 0 Å². The Hall–Kier alpha value is -1.47. The number of hydrogen-bond acceptors (Lipinski definition) is 5. The van der Waals surface area contributed by atoms with E-state index in [1.165, 1.54) is 0 Å². The molecule has 2 aliphatic rings. The molecule has 3 rings (SSSR count). The van der Waals surface area contributed by atoms with Gasteiger partial charge >= 0.3 is 0 Å². The van der Waals surface area contributed by atoms with Crippen molar-refractivity contribution >= 4 is 5.91 Å². The van der Waals surface area contributed by atoms with Crippen molar-refractivity contribution in [3.8, 4) is 0 Å². The van der Waals surface area contributed by atoms with Crippen molar-refractivity contribution in [2.24, 2.45) is 5.92 Å². The summed E-state index contributed by atoms with van der Waals surface area (Å²) in [5.74, 6) is 0.254. The molecule has 0 aromatic heterocycles. The van der Waals surface area contributed by atoms with Crippen LogP contribution in [-0.4, -0.2) is 80.0 Å². The average molecular weight is 362 g/mol. The first-order chi connectivity index (χ1) is 12.7. The Kier molecular flexibility index (Phi) is 7.02. The van der Waals surface area contributed by atoms with Crippen LogP contribution in [0.15, 0.2) is 30.3 Å². The summed E-state index contributed by atoms with van der Waals surface area (Å²) in [7, 11) is 1.72. The van der Waals surface area contributed by atoms with Crippen LogP contribution in [0.4, 0.5) is 0 Å². The molecule has 2 saturated heterocycles. The van der Waals surface area contributed by atoms with E-state index in [-0.39, 0.29) is 30.6 Å².